The lowest BCUT2D eigenvalue weighted by atomic mass is 10.0. The molecule has 1 aromatic carbocycles. The summed E-state index contributed by atoms with van der Waals surface area (Å²) in [6.45, 7) is 3.43. The smallest absolute Gasteiger partial charge is 0.355 e. The number of carboxylic acid groups (broad SMARTS) is 1. The van der Waals surface area contributed by atoms with Gasteiger partial charge in [-0.3, -0.25) is 14.8 Å². The topological polar surface area (TPSA) is 131 Å². The Balaban J connectivity index is 1.27. The average molecular weight is 515 g/mol. The molecule has 5 heterocycles. The van der Waals surface area contributed by atoms with E-state index in [9.17, 15) is 14.7 Å². The van der Waals surface area contributed by atoms with Gasteiger partial charge in [0.2, 0.25) is 0 Å². The summed E-state index contributed by atoms with van der Waals surface area (Å²) in [7, 11) is 1.81. The van der Waals surface area contributed by atoms with Crippen molar-refractivity contribution in [2.45, 2.75) is 20.0 Å². The minimum absolute atomic E-state index is 0.0403. The first-order valence-corrected chi connectivity index (χ1v) is 12.4. The number of fused-ring (bicyclic) bond motifs is 2. The Kier molecular flexibility index (Phi) is 5.45. The van der Waals surface area contributed by atoms with Gasteiger partial charge < -0.3 is 14.6 Å². The highest BCUT2D eigenvalue weighted by molar-refractivity contribution is 7.22. The molecule has 0 saturated heterocycles. The number of benzene rings is 1. The summed E-state index contributed by atoms with van der Waals surface area (Å²) in [5.74, 6) is -0.929. The first-order chi connectivity index (χ1) is 17.9. The molecule has 5 aromatic rings. The molecular formula is C25H22N8O3S. The van der Waals surface area contributed by atoms with Crippen LogP contribution in [0.4, 0.5) is 10.9 Å². The minimum atomic E-state index is -1.11. The van der Waals surface area contributed by atoms with E-state index in [0.717, 1.165) is 27.2 Å². The number of para-hydroxylation sites is 1. The van der Waals surface area contributed by atoms with Crippen LogP contribution >= 0.6 is 11.3 Å². The van der Waals surface area contributed by atoms with Gasteiger partial charge in [-0.2, -0.15) is 5.10 Å². The maximum absolute atomic E-state index is 13.1. The molecule has 0 atom stereocenters. The van der Waals surface area contributed by atoms with E-state index in [1.165, 1.54) is 11.3 Å². The van der Waals surface area contributed by atoms with Crippen molar-refractivity contribution in [2.75, 3.05) is 16.8 Å². The van der Waals surface area contributed by atoms with Gasteiger partial charge in [-0.25, -0.2) is 19.7 Å². The third-order valence-corrected chi connectivity index (χ3v) is 7.51. The maximum atomic E-state index is 13.1. The van der Waals surface area contributed by atoms with Crippen LogP contribution in [0.25, 0.3) is 21.3 Å². The number of pyridine rings is 1. The number of carboxylic acids is 1. The highest BCUT2D eigenvalue weighted by atomic mass is 32.1. The van der Waals surface area contributed by atoms with Crippen molar-refractivity contribution >= 4 is 44.4 Å². The fourth-order valence-corrected chi connectivity index (χ4v) is 5.35. The van der Waals surface area contributed by atoms with Gasteiger partial charge in [-0.1, -0.05) is 23.5 Å². The maximum Gasteiger partial charge on any atom is 0.355 e. The Morgan fingerprint density at radius 2 is 1.89 bits per heavy atom. The number of rotatable bonds is 5. The fraction of sp³-hybridized carbons (Fsp3) is 0.200. The molecule has 0 spiro atoms. The molecule has 4 aromatic heterocycles. The molecule has 186 valence electrons. The van der Waals surface area contributed by atoms with Crippen LogP contribution in [0.2, 0.25) is 0 Å². The Morgan fingerprint density at radius 3 is 2.65 bits per heavy atom. The van der Waals surface area contributed by atoms with Gasteiger partial charge in [-0.15, -0.1) is 0 Å². The molecular weight excluding hydrogens is 492 g/mol. The van der Waals surface area contributed by atoms with Crippen LogP contribution in [0.1, 0.15) is 32.4 Å². The van der Waals surface area contributed by atoms with Crippen molar-refractivity contribution in [3.05, 3.63) is 71.7 Å². The lowest BCUT2D eigenvalue weighted by Gasteiger charge is -2.30. The van der Waals surface area contributed by atoms with Crippen LogP contribution in [0.5, 0.6) is 0 Å². The van der Waals surface area contributed by atoms with E-state index in [2.05, 4.69) is 25.4 Å². The van der Waals surface area contributed by atoms with E-state index in [1.807, 2.05) is 47.7 Å². The Morgan fingerprint density at radius 1 is 1.05 bits per heavy atom. The summed E-state index contributed by atoms with van der Waals surface area (Å²) in [6.07, 6.45) is 3.30. The van der Waals surface area contributed by atoms with Gasteiger partial charge in [0.15, 0.2) is 16.5 Å². The van der Waals surface area contributed by atoms with Crippen molar-refractivity contribution < 1.29 is 14.7 Å². The highest BCUT2D eigenvalue weighted by Crippen LogP contribution is 2.30. The molecule has 1 amide bonds. The highest BCUT2D eigenvalue weighted by Gasteiger charge is 2.27. The van der Waals surface area contributed by atoms with Crippen LogP contribution in [0.15, 0.2) is 48.9 Å². The number of amides is 1. The molecule has 0 saturated carbocycles. The van der Waals surface area contributed by atoms with Crippen molar-refractivity contribution in [3.8, 4) is 11.1 Å². The quantitative estimate of drug-likeness (QED) is 0.364. The zero-order valence-electron chi connectivity index (χ0n) is 20.0. The molecule has 1 aliphatic heterocycles. The van der Waals surface area contributed by atoms with Crippen molar-refractivity contribution in [1.82, 2.24) is 29.3 Å². The van der Waals surface area contributed by atoms with Crippen molar-refractivity contribution in [3.63, 3.8) is 0 Å². The summed E-state index contributed by atoms with van der Waals surface area (Å²) in [4.78, 5) is 40.5. The third-order valence-electron chi connectivity index (χ3n) is 6.56. The van der Waals surface area contributed by atoms with Crippen LogP contribution in [-0.2, 0) is 20.1 Å². The largest absolute Gasteiger partial charge is 0.476 e. The van der Waals surface area contributed by atoms with Crippen molar-refractivity contribution in [1.29, 1.82) is 0 Å². The van der Waals surface area contributed by atoms with Gasteiger partial charge in [0, 0.05) is 37.0 Å². The zero-order valence-corrected chi connectivity index (χ0v) is 20.9. The van der Waals surface area contributed by atoms with Crippen LogP contribution in [0.3, 0.4) is 0 Å². The molecule has 1 aliphatic rings. The molecule has 12 heteroatoms. The zero-order chi connectivity index (χ0) is 25.7. The molecule has 0 radical (unpaired) electrons. The van der Waals surface area contributed by atoms with Crippen molar-refractivity contribution in [2.24, 2.45) is 7.05 Å². The number of hydrogen-bond donors (Lipinski definition) is 2. The predicted octanol–water partition coefficient (Wildman–Crippen LogP) is 3.57. The van der Waals surface area contributed by atoms with E-state index in [-0.39, 0.29) is 11.6 Å². The monoisotopic (exact) mass is 514 g/mol. The number of carbonyl (C=O) groups is 2. The number of anilines is 2. The normalized spacial score (nSPS) is 13.1. The first-order valence-electron chi connectivity index (χ1n) is 11.6. The molecule has 11 nitrogen and oxygen atoms in total. The van der Waals surface area contributed by atoms with E-state index in [0.29, 0.717) is 41.8 Å². The van der Waals surface area contributed by atoms with Crippen LogP contribution in [-0.4, -0.2) is 52.8 Å². The number of aromatic carboxylic acids is 1. The fourth-order valence-electron chi connectivity index (χ4n) is 4.49. The summed E-state index contributed by atoms with van der Waals surface area (Å²) in [6, 6.07) is 11.3. The predicted molar refractivity (Wildman–Crippen MR) is 139 cm³/mol. The molecule has 0 bridgehead atoms. The molecule has 0 fully saturated rings. The van der Waals surface area contributed by atoms with Gasteiger partial charge in [0.1, 0.15) is 5.82 Å². The number of aromatic nitrogens is 6. The third kappa shape index (κ3) is 4.00. The first kappa shape index (κ1) is 22.9. The lowest BCUT2D eigenvalue weighted by molar-refractivity contribution is 0.0691. The van der Waals surface area contributed by atoms with E-state index in [4.69, 9.17) is 0 Å². The lowest BCUT2D eigenvalue weighted by Crippen LogP contribution is -2.35. The molecule has 6 rings (SSSR count). The van der Waals surface area contributed by atoms with E-state index < -0.39 is 5.97 Å². The number of carbonyl (C=O) groups excluding carboxylic acids is 1. The van der Waals surface area contributed by atoms with Gasteiger partial charge in [0.25, 0.3) is 5.91 Å². The average Bonchev–Trinajstić information content (AvgIpc) is 3.60. The summed E-state index contributed by atoms with van der Waals surface area (Å²) in [5, 5.41) is 17.5. The second-order valence-corrected chi connectivity index (χ2v) is 9.76. The summed E-state index contributed by atoms with van der Waals surface area (Å²) in [5.41, 5.74) is 3.92. The van der Waals surface area contributed by atoms with Crippen LogP contribution in [0, 0.1) is 6.92 Å². The van der Waals surface area contributed by atoms with Gasteiger partial charge >= 0.3 is 5.97 Å². The van der Waals surface area contributed by atoms with Gasteiger partial charge in [0.05, 0.1) is 35.0 Å². The Bertz CT molecular complexity index is 1650. The standard InChI is InChI=1S/C25H22N8O3S/c1-14-16(11-27-31(14)2)15-7-8-20(29-21(15)24(35)36)32-9-10-33-13-26-22(18(33)12-32)23(34)30-25-28-17-5-3-4-6-19(17)37-25/h3-8,11,13H,9-10,12H2,1-2H3,(H,35,36)(H,28,30,34). The number of aryl methyl sites for hydroxylation is 1. The molecule has 37 heavy (non-hydrogen) atoms. The minimum Gasteiger partial charge on any atom is -0.476 e. The molecule has 0 aliphatic carbocycles. The molecule has 0 unspecified atom stereocenters. The van der Waals surface area contributed by atoms with E-state index in [1.54, 1.807) is 29.3 Å². The molecule has 2 N–H and O–H groups in total. The number of nitrogens with zero attached hydrogens (tertiary/aromatic N) is 7. The Labute approximate surface area is 215 Å². The number of nitrogens with one attached hydrogen (secondary N) is 1. The Hall–Kier alpha value is -4.58. The number of imidazole rings is 1. The second kappa shape index (κ2) is 8.82. The summed E-state index contributed by atoms with van der Waals surface area (Å²) >= 11 is 1.40. The van der Waals surface area contributed by atoms with Gasteiger partial charge in [-0.05, 0) is 31.2 Å². The van der Waals surface area contributed by atoms with Crippen LogP contribution < -0.4 is 10.2 Å². The second-order valence-electron chi connectivity index (χ2n) is 8.73. The van der Waals surface area contributed by atoms with E-state index >= 15 is 0 Å². The number of thiazole rings is 1. The number of hydrogen-bond acceptors (Lipinski definition) is 8. The summed E-state index contributed by atoms with van der Waals surface area (Å²) < 4.78 is 4.62. The SMILES string of the molecule is Cc1c(-c2ccc(N3CCn4cnc(C(=O)Nc5nc6ccccc6s5)c4C3)nc2C(=O)O)cnn1C.